The van der Waals surface area contributed by atoms with Gasteiger partial charge in [0.15, 0.2) is 0 Å². The number of carboxylic acids is 1. The molecule has 2 rings (SSSR count). The van der Waals surface area contributed by atoms with Gasteiger partial charge >= 0.3 is 5.97 Å². The zero-order chi connectivity index (χ0) is 14.5. The molecule has 0 aromatic heterocycles. The fourth-order valence-electron chi connectivity index (χ4n) is 1.79. The average Bonchev–Trinajstić information content (AvgIpc) is 2.45. The molecule has 1 aliphatic rings. The van der Waals surface area contributed by atoms with Crippen LogP contribution in [-0.4, -0.2) is 46.9 Å². The van der Waals surface area contributed by atoms with Crippen LogP contribution in [-0.2, 0) is 14.4 Å². The number of hydrogen-bond donors (Lipinski definition) is 2. The van der Waals surface area contributed by atoms with E-state index in [0.29, 0.717) is 5.56 Å². The standard InChI is InChI=1S/C14H12N2O4/c17-12-9-16(11(8-15-12)14(19)20)13(18)7-6-10-4-2-1-3-5-10/h1-5,11H,8-9H2,(H,15,17)(H,19,20). The maximum Gasteiger partial charge on any atom is 0.328 e. The van der Waals surface area contributed by atoms with E-state index in [1.807, 2.05) is 6.07 Å². The van der Waals surface area contributed by atoms with Gasteiger partial charge in [-0.15, -0.1) is 0 Å². The second kappa shape index (κ2) is 5.89. The fraction of sp³-hybridized carbons (Fsp3) is 0.214. The van der Waals surface area contributed by atoms with Crippen LogP contribution in [0.2, 0.25) is 0 Å². The summed E-state index contributed by atoms with van der Waals surface area (Å²) in [5, 5.41) is 11.4. The van der Waals surface area contributed by atoms with Crippen molar-refractivity contribution in [1.82, 2.24) is 10.2 Å². The Morgan fingerprint density at radius 3 is 2.65 bits per heavy atom. The Kier molecular flexibility index (Phi) is 4.01. The quantitative estimate of drug-likeness (QED) is 0.672. The van der Waals surface area contributed by atoms with Crippen LogP contribution in [0.1, 0.15) is 5.56 Å². The van der Waals surface area contributed by atoms with Crippen LogP contribution in [0.4, 0.5) is 0 Å². The molecular weight excluding hydrogens is 260 g/mol. The summed E-state index contributed by atoms with van der Waals surface area (Å²) >= 11 is 0. The summed E-state index contributed by atoms with van der Waals surface area (Å²) in [5.74, 6) is 2.79. The van der Waals surface area contributed by atoms with Gasteiger partial charge in [0.2, 0.25) is 5.91 Å². The molecule has 0 saturated carbocycles. The Hall–Kier alpha value is -2.81. The lowest BCUT2D eigenvalue weighted by atomic mass is 10.2. The first-order valence-corrected chi connectivity index (χ1v) is 5.95. The number of rotatable bonds is 1. The number of nitrogens with one attached hydrogen (secondary N) is 1. The summed E-state index contributed by atoms with van der Waals surface area (Å²) in [5.41, 5.74) is 0.647. The molecule has 1 aromatic carbocycles. The first-order chi connectivity index (χ1) is 9.58. The molecule has 2 amide bonds. The van der Waals surface area contributed by atoms with Crippen molar-refractivity contribution in [2.45, 2.75) is 6.04 Å². The highest BCUT2D eigenvalue weighted by Gasteiger charge is 2.34. The first-order valence-electron chi connectivity index (χ1n) is 5.95. The Bertz CT molecular complexity index is 601. The van der Waals surface area contributed by atoms with Crippen LogP contribution in [0.5, 0.6) is 0 Å². The summed E-state index contributed by atoms with van der Waals surface area (Å²) in [7, 11) is 0. The van der Waals surface area contributed by atoms with E-state index in [2.05, 4.69) is 17.2 Å². The van der Waals surface area contributed by atoms with Crippen molar-refractivity contribution in [3.8, 4) is 11.8 Å². The van der Waals surface area contributed by atoms with E-state index in [1.165, 1.54) is 0 Å². The van der Waals surface area contributed by atoms with E-state index in [4.69, 9.17) is 5.11 Å². The number of carbonyl (C=O) groups excluding carboxylic acids is 2. The van der Waals surface area contributed by atoms with Gasteiger partial charge in [-0.05, 0) is 12.1 Å². The molecule has 6 nitrogen and oxygen atoms in total. The second-order valence-electron chi connectivity index (χ2n) is 4.21. The number of amides is 2. The molecule has 0 aliphatic carbocycles. The molecule has 1 atom stereocenters. The number of carbonyl (C=O) groups is 3. The van der Waals surface area contributed by atoms with Crippen molar-refractivity contribution in [2.24, 2.45) is 0 Å². The zero-order valence-corrected chi connectivity index (χ0v) is 10.5. The van der Waals surface area contributed by atoms with Crippen LogP contribution in [0.25, 0.3) is 0 Å². The third kappa shape index (κ3) is 3.14. The smallest absolute Gasteiger partial charge is 0.328 e. The predicted octanol–water partition coefficient (Wildman–Crippen LogP) is -0.550. The van der Waals surface area contributed by atoms with E-state index in [-0.39, 0.29) is 13.1 Å². The second-order valence-corrected chi connectivity index (χ2v) is 4.21. The Morgan fingerprint density at radius 2 is 2.00 bits per heavy atom. The molecule has 6 heteroatoms. The van der Waals surface area contributed by atoms with Crippen molar-refractivity contribution >= 4 is 17.8 Å². The van der Waals surface area contributed by atoms with Gasteiger partial charge in [0.05, 0.1) is 0 Å². The Morgan fingerprint density at radius 1 is 1.30 bits per heavy atom. The number of nitrogens with zero attached hydrogens (tertiary/aromatic N) is 1. The van der Waals surface area contributed by atoms with Crippen molar-refractivity contribution in [3.05, 3.63) is 35.9 Å². The Balaban J connectivity index is 2.16. The number of carboxylic acid groups (broad SMARTS) is 1. The van der Waals surface area contributed by atoms with Gasteiger partial charge in [0.25, 0.3) is 5.91 Å². The highest BCUT2D eigenvalue weighted by Crippen LogP contribution is 2.05. The molecule has 1 saturated heterocycles. The van der Waals surface area contributed by atoms with E-state index >= 15 is 0 Å². The van der Waals surface area contributed by atoms with Gasteiger partial charge in [0.1, 0.15) is 12.6 Å². The molecule has 0 spiro atoms. The monoisotopic (exact) mass is 272 g/mol. The molecule has 102 valence electrons. The summed E-state index contributed by atoms with van der Waals surface area (Å²) in [6, 6.07) is 7.77. The normalized spacial score (nSPS) is 17.7. The fourth-order valence-corrected chi connectivity index (χ4v) is 1.79. The van der Waals surface area contributed by atoms with Crippen LogP contribution < -0.4 is 5.32 Å². The third-order valence-corrected chi connectivity index (χ3v) is 2.82. The number of benzene rings is 1. The van der Waals surface area contributed by atoms with Crippen molar-refractivity contribution < 1.29 is 19.5 Å². The van der Waals surface area contributed by atoms with Crippen molar-refractivity contribution in [2.75, 3.05) is 13.1 Å². The third-order valence-electron chi connectivity index (χ3n) is 2.82. The Labute approximate surface area is 115 Å². The highest BCUT2D eigenvalue weighted by molar-refractivity contribution is 5.99. The maximum atomic E-state index is 11.9. The average molecular weight is 272 g/mol. The maximum absolute atomic E-state index is 11.9. The molecule has 1 unspecified atom stereocenters. The van der Waals surface area contributed by atoms with Gasteiger partial charge in [-0.3, -0.25) is 9.59 Å². The molecule has 20 heavy (non-hydrogen) atoms. The van der Waals surface area contributed by atoms with Gasteiger partial charge in [-0.1, -0.05) is 24.1 Å². The minimum absolute atomic E-state index is 0.104. The molecule has 0 radical (unpaired) electrons. The van der Waals surface area contributed by atoms with Crippen molar-refractivity contribution in [3.63, 3.8) is 0 Å². The first kappa shape index (κ1) is 13.6. The summed E-state index contributed by atoms with van der Waals surface area (Å²) in [6.45, 7) is -0.397. The predicted molar refractivity (Wildman–Crippen MR) is 69.5 cm³/mol. The van der Waals surface area contributed by atoms with E-state index in [1.54, 1.807) is 24.3 Å². The van der Waals surface area contributed by atoms with Crippen LogP contribution >= 0.6 is 0 Å². The molecular formula is C14H12N2O4. The molecule has 1 aromatic rings. The topological polar surface area (TPSA) is 86.7 Å². The zero-order valence-electron chi connectivity index (χ0n) is 10.5. The lowest BCUT2D eigenvalue weighted by Crippen LogP contribution is -2.59. The van der Waals surface area contributed by atoms with Crippen LogP contribution in [0.15, 0.2) is 30.3 Å². The van der Waals surface area contributed by atoms with E-state index in [9.17, 15) is 14.4 Å². The lowest BCUT2D eigenvalue weighted by molar-refractivity contribution is -0.151. The van der Waals surface area contributed by atoms with Crippen LogP contribution in [0, 0.1) is 11.8 Å². The summed E-state index contributed by atoms with van der Waals surface area (Å²) in [6.07, 6.45) is 0. The van der Waals surface area contributed by atoms with Gasteiger partial charge in [-0.25, -0.2) is 4.79 Å². The van der Waals surface area contributed by atoms with E-state index < -0.39 is 23.8 Å². The molecule has 0 bridgehead atoms. The largest absolute Gasteiger partial charge is 0.480 e. The van der Waals surface area contributed by atoms with Crippen molar-refractivity contribution in [1.29, 1.82) is 0 Å². The lowest BCUT2D eigenvalue weighted by Gasteiger charge is -2.31. The van der Waals surface area contributed by atoms with Crippen LogP contribution in [0.3, 0.4) is 0 Å². The molecule has 2 N–H and O–H groups in total. The number of aliphatic carboxylic acids is 1. The van der Waals surface area contributed by atoms with Gasteiger partial charge in [0, 0.05) is 18.0 Å². The number of piperazine rings is 1. The van der Waals surface area contributed by atoms with Gasteiger partial charge in [-0.2, -0.15) is 0 Å². The minimum Gasteiger partial charge on any atom is -0.480 e. The molecule has 1 fully saturated rings. The van der Waals surface area contributed by atoms with Gasteiger partial charge < -0.3 is 15.3 Å². The SMILES string of the molecule is O=C1CN(C(=O)C#Cc2ccccc2)C(C(=O)O)CN1. The molecule has 1 heterocycles. The highest BCUT2D eigenvalue weighted by atomic mass is 16.4. The van der Waals surface area contributed by atoms with E-state index in [0.717, 1.165) is 4.90 Å². The molecule has 1 aliphatic heterocycles. The minimum atomic E-state index is -1.17. The summed E-state index contributed by atoms with van der Waals surface area (Å²) < 4.78 is 0. The number of hydrogen-bond acceptors (Lipinski definition) is 3. The summed E-state index contributed by atoms with van der Waals surface area (Å²) in [4.78, 5) is 35.2.